The predicted octanol–water partition coefficient (Wildman–Crippen LogP) is 3.34. The summed E-state index contributed by atoms with van der Waals surface area (Å²) in [6.45, 7) is 1.04. The second-order valence-corrected chi connectivity index (χ2v) is 5.81. The highest BCUT2D eigenvalue weighted by Crippen LogP contribution is 2.30. The molecule has 1 atom stereocenters. The Morgan fingerprint density at radius 1 is 1.24 bits per heavy atom. The average molecular weight is 284 g/mol. The quantitative estimate of drug-likeness (QED) is 0.911. The van der Waals surface area contributed by atoms with Gasteiger partial charge in [0.25, 0.3) is 0 Å². The SMILES string of the molecule is CNC1CCCc2cn(CCc3ccc(OC)cc3)cc21. The highest BCUT2D eigenvalue weighted by Gasteiger charge is 2.20. The maximum Gasteiger partial charge on any atom is 0.118 e. The summed E-state index contributed by atoms with van der Waals surface area (Å²) in [6.07, 6.45) is 9.50. The van der Waals surface area contributed by atoms with E-state index in [-0.39, 0.29) is 0 Å². The van der Waals surface area contributed by atoms with Gasteiger partial charge in [-0.1, -0.05) is 12.1 Å². The number of nitrogens with zero attached hydrogens (tertiary/aromatic N) is 1. The van der Waals surface area contributed by atoms with Crippen molar-refractivity contribution in [2.45, 2.75) is 38.3 Å². The van der Waals surface area contributed by atoms with Gasteiger partial charge in [-0.25, -0.2) is 0 Å². The maximum atomic E-state index is 5.20. The third-order valence-electron chi connectivity index (χ3n) is 4.48. The average Bonchev–Trinajstić information content (AvgIpc) is 2.96. The second kappa shape index (κ2) is 6.35. The topological polar surface area (TPSA) is 26.2 Å². The first-order valence-corrected chi connectivity index (χ1v) is 7.79. The van der Waals surface area contributed by atoms with E-state index in [2.05, 4.69) is 41.5 Å². The van der Waals surface area contributed by atoms with Crippen LogP contribution < -0.4 is 10.1 Å². The van der Waals surface area contributed by atoms with Crippen LogP contribution in [0.15, 0.2) is 36.7 Å². The van der Waals surface area contributed by atoms with Crippen molar-refractivity contribution in [1.82, 2.24) is 9.88 Å². The number of methoxy groups -OCH3 is 1. The third-order valence-corrected chi connectivity index (χ3v) is 4.48. The van der Waals surface area contributed by atoms with E-state index in [0.717, 1.165) is 18.7 Å². The minimum Gasteiger partial charge on any atom is -0.497 e. The summed E-state index contributed by atoms with van der Waals surface area (Å²) in [4.78, 5) is 0. The van der Waals surface area contributed by atoms with Gasteiger partial charge in [0.1, 0.15) is 5.75 Å². The van der Waals surface area contributed by atoms with Crippen LogP contribution in [0.25, 0.3) is 0 Å². The van der Waals surface area contributed by atoms with E-state index in [1.807, 2.05) is 12.1 Å². The van der Waals surface area contributed by atoms with Gasteiger partial charge in [-0.15, -0.1) is 0 Å². The minimum atomic E-state index is 0.538. The molecule has 3 rings (SSSR count). The zero-order valence-corrected chi connectivity index (χ0v) is 12.9. The van der Waals surface area contributed by atoms with Gasteiger partial charge in [-0.3, -0.25) is 0 Å². The minimum absolute atomic E-state index is 0.538. The van der Waals surface area contributed by atoms with E-state index in [1.54, 1.807) is 7.11 Å². The van der Waals surface area contributed by atoms with Crippen LogP contribution in [0.5, 0.6) is 5.75 Å². The molecule has 1 aliphatic carbocycles. The smallest absolute Gasteiger partial charge is 0.118 e. The number of benzene rings is 1. The van der Waals surface area contributed by atoms with Crippen LogP contribution in [-0.2, 0) is 19.4 Å². The van der Waals surface area contributed by atoms with Gasteiger partial charge < -0.3 is 14.6 Å². The molecule has 1 N–H and O–H groups in total. The molecule has 0 bridgehead atoms. The summed E-state index contributed by atoms with van der Waals surface area (Å²) in [6, 6.07) is 8.91. The van der Waals surface area contributed by atoms with Crippen LogP contribution in [0.4, 0.5) is 0 Å². The molecule has 1 aromatic carbocycles. The number of nitrogens with one attached hydrogen (secondary N) is 1. The first-order chi connectivity index (χ1) is 10.3. The molecule has 1 unspecified atom stereocenters. The monoisotopic (exact) mass is 284 g/mol. The summed E-state index contributed by atoms with van der Waals surface area (Å²) in [5.41, 5.74) is 4.38. The van der Waals surface area contributed by atoms with Gasteiger partial charge in [0.2, 0.25) is 0 Å². The van der Waals surface area contributed by atoms with Gasteiger partial charge in [-0.05, 0) is 61.6 Å². The van der Waals surface area contributed by atoms with Crippen LogP contribution in [0.2, 0.25) is 0 Å². The van der Waals surface area contributed by atoms with Crippen LogP contribution in [0.3, 0.4) is 0 Å². The molecule has 112 valence electrons. The molecule has 1 aromatic heterocycles. The third kappa shape index (κ3) is 3.13. The molecule has 2 aromatic rings. The van der Waals surface area contributed by atoms with Crippen LogP contribution in [-0.4, -0.2) is 18.7 Å². The van der Waals surface area contributed by atoms with Crippen molar-refractivity contribution in [3.05, 3.63) is 53.3 Å². The van der Waals surface area contributed by atoms with Crippen molar-refractivity contribution < 1.29 is 4.74 Å². The second-order valence-electron chi connectivity index (χ2n) is 5.81. The number of aryl methyl sites for hydroxylation is 3. The first kappa shape index (κ1) is 14.2. The number of hydrogen-bond acceptors (Lipinski definition) is 2. The van der Waals surface area contributed by atoms with Gasteiger partial charge >= 0.3 is 0 Å². The lowest BCUT2D eigenvalue weighted by atomic mass is 9.91. The molecule has 0 aliphatic heterocycles. The fourth-order valence-electron chi connectivity index (χ4n) is 3.23. The number of hydrogen-bond donors (Lipinski definition) is 1. The van der Waals surface area contributed by atoms with Gasteiger partial charge in [-0.2, -0.15) is 0 Å². The highest BCUT2D eigenvalue weighted by molar-refractivity contribution is 5.31. The molecule has 0 radical (unpaired) electrons. The normalized spacial score (nSPS) is 17.5. The number of ether oxygens (including phenoxy) is 1. The molecule has 0 saturated carbocycles. The number of aromatic nitrogens is 1. The Kier molecular flexibility index (Phi) is 4.30. The Morgan fingerprint density at radius 3 is 2.76 bits per heavy atom. The lowest BCUT2D eigenvalue weighted by Gasteiger charge is -2.21. The Balaban J connectivity index is 1.66. The Hall–Kier alpha value is -1.74. The predicted molar refractivity (Wildman–Crippen MR) is 85.9 cm³/mol. The number of fused-ring (bicyclic) bond motifs is 1. The van der Waals surface area contributed by atoms with Gasteiger partial charge in [0.15, 0.2) is 0 Å². The standard InChI is InChI=1S/C18H24N2O/c1-19-18-5-3-4-15-12-20(13-17(15)18)11-10-14-6-8-16(21-2)9-7-14/h6-9,12-13,18-19H,3-5,10-11H2,1-2H3. The molecular weight excluding hydrogens is 260 g/mol. The lowest BCUT2D eigenvalue weighted by Crippen LogP contribution is -2.20. The Bertz CT molecular complexity index is 586. The first-order valence-electron chi connectivity index (χ1n) is 7.79. The van der Waals surface area contributed by atoms with Crippen molar-refractivity contribution >= 4 is 0 Å². The van der Waals surface area contributed by atoms with E-state index in [4.69, 9.17) is 4.74 Å². The molecule has 0 saturated heterocycles. The molecule has 3 nitrogen and oxygen atoms in total. The van der Waals surface area contributed by atoms with Crippen LogP contribution >= 0.6 is 0 Å². The molecule has 0 spiro atoms. The van der Waals surface area contributed by atoms with Crippen molar-refractivity contribution in [3.8, 4) is 5.75 Å². The summed E-state index contributed by atoms with van der Waals surface area (Å²) in [7, 11) is 3.77. The molecule has 1 heterocycles. The summed E-state index contributed by atoms with van der Waals surface area (Å²) < 4.78 is 7.55. The Morgan fingerprint density at radius 2 is 2.05 bits per heavy atom. The van der Waals surface area contributed by atoms with Crippen molar-refractivity contribution in [3.63, 3.8) is 0 Å². The summed E-state index contributed by atoms with van der Waals surface area (Å²) in [5.74, 6) is 0.923. The molecule has 1 aliphatic rings. The zero-order valence-electron chi connectivity index (χ0n) is 12.9. The number of rotatable bonds is 5. The molecule has 3 heteroatoms. The summed E-state index contributed by atoms with van der Waals surface area (Å²) >= 11 is 0. The van der Waals surface area contributed by atoms with Crippen molar-refractivity contribution in [2.24, 2.45) is 0 Å². The molecular formula is C18H24N2O. The fraction of sp³-hybridized carbons (Fsp3) is 0.444. The van der Waals surface area contributed by atoms with Crippen molar-refractivity contribution in [2.75, 3.05) is 14.2 Å². The van der Waals surface area contributed by atoms with E-state index >= 15 is 0 Å². The maximum absolute atomic E-state index is 5.20. The molecule has 21 heavy (non-hydrogen) atoms. The van der Waals surface area contributed by atoms with E-state index in [1.165, 1.54) is 36.0 Å². The van der Waals surface area contributed by atoms with Gasteiger partial charge in [0, 0.05) is 25.0 Å². The zero-order chi connectivity index (χ0) is 14.7. The molecule has 0 amide bonds. The van der Waals surface area contributed by atoms with Gasteiger partial charge in [0.05, 0.1) is 7.11 Å². The van der Waals surface area contributed by atoms with E-state index in [0.29, 0.717) is 6.04 Å². The van der Waals surface area contributed by atoms with E-state index in [9.17, 15) is 0 Å². The van der Waals surface area contributed by atoms with Crippen LogP contribution in [0.1, 0.15) is 35.6 Å². The van der Waals surface area contributed by atoms with E-state index < -0.39 is 0 Å². The lowest BCUT2D eigenvalue weighted by molar-refractivity contribution is 0.414. The van der Waals surface area contributed by atoms with Crippen molar-refractivity contribution in [1.29, 1.82) is 0 Å². The Labute approximate surface area is 126 Å². The highest BCUT2D eigenvalue weighted by atomic mass is 16.5. The molecule has 0 fully saturated rings. The fourth-order valence-corrected chi connectivity index (χ4v) is 3.23. The largest absolute Gasteiger partial charge is 0.497 e. The van der Waals surface area contributed by atoms with Crippen LogP contribution in [0, 0.1) is 0 Å². The summed E-state index contributed by atoms with van der Waals surface area (Å²) in [5, 5.41) is 3.43.